The van der Waals surface area contributed by atoms with E-state index in [1.807, 2.05) is 0 Å². The van der Waals surface area contributed by atoms with E-state index in [0.717, 1.165) is 19.5 Å². The lowest BCUT2D eigenvalue weighted by Crippen LogP contribution is -2.31. The number of hydrogen-bond acceptors (Lipinski definition) is 4. The Labute approximate surface area is 114 Å². The fourth-order valence-electron chi connectivity index (χ4n) is 2.47. The molecule has 5 nitrogen and oxygen atoms in total. The molecular weight excluding hydrogens is 262 g/mol. The number of likely N-dealkylation sites (tertiary alicyclic amines) is 1. The van der Waals surface area contributed by atoms with E-state index in [-0.39, 0.29) is 0 Å². The Balaban J connectivity index is 2.06. The summed E-state index contributed by atoms with van der Waals surface area (Å²) in [5.41, 5.74) is 6.89. The van der Waals surface area contributed by atoms with Gasteiger partial charge in [0.2, 0.25) is 10.0 Å². The summed E-state index contributed by atoms with van der Waals surface area (Å²) in [6, 6.07) is 4.86. The van der Waals surface area contributed by atoms with Crippen molar-refractivity contribution in [3.8, 4) is 0 Å². The quantitative estimate of drug-likeness (QED) is 0.802. The van der Waals surface area contributed by atoms with Crippen LogP contribution in [0.2, 0.25) is 0 Å². The van der Waals surface area contributed by atoms with Gasteiger partial charge >= 0.3 is 0 Å². The Bertz CT molecular complexity index is 557. The highest BCUT2D eigenvalue weighted by Crippen LogP contribution is 2.19. The highest BCUT2D eigenvalue weighted by Gasteiger charge is 2.23. The van der Waals surface area contributed by atoms with Crippen LogP contribution in [0.3, 0.4) is 0 Å². The Hall–Kier alpha value is -1.11. The zero-order valence-corrected chi connectivity index (χ0v) is 12.2. The largest absolute Gasteiger partial charge is 0.399 e. The molecule has 0 radical (unpaired) electrons. The maximum Gasteiger partial charge on any atom is 0.240 e. The smallest absolute Gasteiger partial charge is 0.240 e. The van der Waals surface area contributed by atoms with Crippen LogP contribution >= 0.6 is 0 Å². The molecule has 6 heteroatoms. The number of nitrogens with two attached hydrogens (primary N) is 1. The van der Waals surface area contributed by atoms with Crippen LogP contribution < -0.4 is 10.5 Å². The van der Waals surface area contributed by atoms with Crippen LogP contribution in [0.1, 0.15) is 12.0 Å². The van der Waals surface area contributed by atoms with Gasteiger partial charge in [-0.1, -0.05) is 0 Å². The van der Waals surface area contributed by atoms with Gasteiger partial charge in [0.25, 0.3) is 0 Å². The molecule has 0 aliphatic carbocycles. The van der Waals surface area contributed by atoms with Crippen molar-refractivity contribution in [2.45, 2.75) is 18.2 Å². The average Bonchev–Trinajstić information content (AvgIpc) is 2.72. The zero-order valence-electron chi connectivity index (χ0n) is 11.4. The van der Waals surface area contributed by atoms with E-state index in [0.29, 0.717) is 28.6 Å². The first-order valence-corrected chi connectivity index (χ1v) is 7.91. The van der Waals surface area contributed by atoms with E-state index in [1.54, 1.807) is 25.1 Å². The Morgan fingerprint density at radius 2 is 2.21 bits per heavy atom. The van der Waals surface area contributed by atoms with E-state index in [1.165, 1.54) is 0 Å². The zero-order chi connectivity index (χ0) is 14.0. The lowest BCUT2D eigenvalue weighted by Gasteiger charge is -2.13. The van der Waals surface area contributed by atoms with Crippen LogP contribution in [0.4, 0.5) is 5.69 Å². The Morgan fingerprint density at radius 3 is 2.79 bits per heavy atom. The molecule has 3 N–H and O–H groups in total. The molecule has 0 bridgehead atoms. The van der Waals surface area contributed by atoms with Gasteiger partial charge in [0.1, 0.15) is 0 Å². The number of rotatable bonds is 4. The predicted molar refractivity (Wildman–Crippen MR) is 76.4 cm³/mol. The predicted octanol–water partition coefficient (Wildman–Crippen LogP) is 0.807. The summed E-state index contributed by atoms with van der Waals surface area (Å²) in [5.74, 6) is 0.397. The van der Waals surface area contributed by atoms with E-state index in [4.69, 9.17) is 5.73 Å². The summed E-state index contributed by atoms with van der Waals surface area (Å²) >= 11 is 0. The molecule has 1 aromatic carbocycles. The lowest BCUT2D eigenvalue weighted by atomic mass is 10.1. The van der Waals surface area contributed by atoms with Crippen LogP contribution in [0, 0.1) is 12.8 Å². The van der Waals surface area contributed by atoms with Gasteiger partial charge in [-0.25, -0.2) is 13.1 Å². The van der Waals surface area contributed by atoms with Crippen molar-refractivity contribution in [1.82, 2.24) is 9.62 Å². The van der Waals surface area contributed by atoms with Crippen LogP contribution in [-0.2, 0) is 10.0 Å². The van der Waals surface area contributed by atoms with E-state index in [9.17, 15) is 8.42 Å². The second kappa shape index (κ2) is 5.48. The number of nitrogen functional groups attached to an aromatic ring is 1. The third-order valence-corrected chi connectivity index (χ3v) is 5.12. The summed E-state index contributed by atoms with van der Waals surface area (Å²) in [5, 5.41) is 0. The molecule has 1 fully saturated rings. The second-order valence-corrected chi connectivity index (χ2v) is 7.03. The molecule has 0 aromatic heterocycles. The number of anilines is 1. The van der Waals surface area contributed by atoms with Crippen molar-refractivity contribution in [3.63, 3.8) is 0 Å². The van der Waals surface area contributed by atoms with Gasteiger partial charge in [0, 0.05) is 18.8 Å². The maximum absolute atomic E-state index is 12.2. The molecule has 0 amide bonds. The van der Waals surface area contributed by atoms with Gasteiger partial charge < -0.3 is 10.6 Å². The van der Waals surface area contributed by atoms with Crippen molar-refractivity contribution in [2.75, 3.05) is 32.4 Å². The van der Waals surface area contributed by atoms with Gasteiger partial charge in [-0.3, -0.25) is 0 Å². The monoisotopic (exact) mass is 283 g/mol. The van der Waals surface area contributed by atoms with Crippen molar-refractivity contribution in [2.24, 2.45) is 5.92 Å². The SMILES string of the molecule is Cc1cc(N)ccc1S(=O)(=O)NCC1CCN(C)C1. The van der Waals surface area contributed by atoms with Crippen LogP contribution in [0.5, 0.6) is 0 Å². The highest BCUT2D eigenvalue weighted by molar-refractivity contribution is 7.89. The minimum atomic E-state index is -3.44. The summed E-state index contributed by atoms with van der Waals surface area (Å²) < 4.78 is 27.2. The van der Waals surface area contributed by atoms with E-state index < -0.39 is 10.0 Å². The van der Waals surface area contributed by atoms with Gasteiger partial charge in [-0.15, -0.1) is 0 Å². The molecule has 1 aromatic rings. The molecular formula is C13H21N3O2S. The van der Waals surface area contributed by atoms with Crippen molar-refractivity contribution in [3.05, 3.63) is 23.8 Å². The third kappa shape index (κ3) is 3.46. The first-order chi connectivity index (χ1) is 8.88. The van der Waals surface area contributed by atoms with E-state index >= 15 is 0 Å². The van der Waals surface area contributed by atoms with E-state index in [2.05, 4.69) is 16.7 Å². The number of nitrogens with zero attached hydrogens (tertiary/aromatic N) is 1. The number of nitrogens with one attached hydrogen (secondary N) is 1. The van der Waals surface area contributed by atoms with Gasteiger partial charge in [-0.2, -0.15) is 0 Å². The van der Waals surface area contributed by atoms with Gasteiger partial charge in [-0.05, 0) is 56.6 Å². The first kappa shape index (κ1) is 14.3. The Morgan fingerprint density at radius 1 is 1.47 bits per heavy atom. The summed E-state index contributed by atoms with van der Waals surface area (Å²) in [4.78, 5) is 2.53. The molecule has 1 aliphatic heterocycles. The number of aryl methyl sites for hydroxylation is 1. The summed E-state index contributed by atoms with van der Waals surface area (Å²) in [7, 11) is -1.38. The minimum Gasteiger partial charge on any atom is -0.399 e. The Kier molecular flexibility index (Phi) is 4.13. The fourth-order valence-corrected chi connectivity index (χ4v) is 3.81. The van der Waals surface area contributed by atoms with Crippen molar-refractivity contribution < 1.29 is 8.42 Å². The molecule has 0 spiro atoms. The molecule has 1 saturated heterocycles. The van der Waals surface area contributed by atoms with Gasteiger partial charge in [0.15, 0.2) is 0 Å². The second-order valence-electron chi connectivity index (χ2n) is 5.29. The topological polar surface area (TPSA) is 75.4 Å². The average molecular weight is 283 g/mol. The minimum absolute atomic E-state index is 0.313. The molecule has 1 heterocycles. The number of benzene rings is 1. The van der Waals surface area contributed by atoms with Crippen LogP contribution in [-0.4, -0.2) is 40.0 Å². The molecule has 1 aliphatic rings. The maximum atomic E-state index is 12.2. The molecule has 0 saturated carbocycles. The van der Waals surface area contributed by atoms with Crippen molar-refractivity contribution in [1.29, 1.82) is 0 Å². The number of sulfonamides is 1. The lowest BCUT2D eigenvalue weighted by molar-refractivity contribution is 0.394. The third-order valence-electron chi connectivity index (χ3n) is 3.54. The molecule has 2 rings (SSSR count). The van der Waals surface area contributed by atoms with Crippen molar-refractivity contribution >= 4 is 15.7 Å². The molecule has 19 heavy (non-hydrogen) atoms. The van der Waals surface area contributed by atoms with Crippen LogP contribution in [0.25, 0.3) is 0 Å². The summed E-state index contributed by atoms with van der Waals surface area (Å²) in [6.07, 6.45) is 1.04. The molecule has 1 atom stereocenters. The van der Waals surface area contributed by atoms with Gasteiger partial charge in [0.05, 0.1) is 4.90 Å². The van der Waals surface area contributed by atoms with Crippen LogP contribution in [0.15, 0.2) is 23.1 Å². The number of hydrogen-bond donors (Lipinski definition) is 2. The molecule has 106 valence electrons. The first-order valence-electron chi connectivity index (χ1n) is 6.43. The standard InChI is InChI=1S/C13H21N3O2S/c1-10-7-12(14)3-4-13(10)19(17,18)15-8-11-5-6-16(2)9-11/h3-4,7,11,15H,5-6,8-9,14H2,1-2H3. The summed E-state index contributed by atoms with van der Waals surface area (Å²) in [6.45, 7) is 4.24. The highest BCUT2D eigenvalue weighted by atomic mass is 32.2. The molecule has 1 unspecified atom stereocenters. The normalized spacial score (nSPS) is 20.8. The fraction of sp³-hybridized carbons (Fsp3) is 0.538.